The van der Waals surface area contributed by atoms with Gasteiger partial charge in [0.05, 0.1) is 6.20 Å². The monoisotopic (exact) mass is 182 g/mol. The zero-order valence-corrected chi connectivity index (χ0v) is 7.15. The fourth-order valence-electron chi connectivity index (χ4n) is 1.13. The molecule has 70 valence electrons. The number of fused-ring (bicyclic) bond motifs is 1. The summed E-state index contributed by atoms with van der Waals surface area (Å²) in [6, 6.07) is -0.618. The van der Waals surface area contributed by atoms with Crippen LogP contribution in [-0.4, -0.2) is 28.3 Å². The maximum absolute atomic E-state index is 11.3. The van der Waals surface area contributed by atoms with Gasteiger partial charge in [-0.15, -0.1) is 0 Å². The molecule has 2 rings (SSSR count). The quantitative estimate of drug-likeness (QED) is 0.543. The molecule has 1 unspecified atom stereocenters. The molecule has 0 aromatic carbocycles. The largest absolute Gasteiger partial charge is 0.486 e. The van der Waals surface area contributed by atoms with E-state index < -0.39 is 6.04 Å². The van der Waals surface area contributed by atoms with Gasteiger partial charge in [0.1, 0.15) is 12.6 Å². The lowest BCUT2D eigenvalue weighted by molar-refractivity contribution is -0.117. The van der Waals surface area contributed by atoms with E-state index in [4.69, 9.17) is 10.5 Å². The van der Waals surface area contributed by atoms with Gasteiger partial charge >= 0.3 is 0 Å². The maximum Gasteiger partial charge on any atom is 0.246 e. The fraction of sp³-hybridized carbons (Fsp3) is 0.429. The molecule has 13 heavy (non-hydrogen) atoms. The Kier molecular flexibility index (Phi) is 1.70. The highest BCUT2D eigenvalue weighted by Gasteiger charge is 2.23. The summed E-state index contributed by atoms with van der Waals surface area (Å²) in [4.78, 5) is 11.3. The van der Waals surface area contributed by atoms with Gasteiger partial charge in [0, 0.05) is 7.05 Å². The number of amides is 1. The van der Waals surface area contributed by atoms with E-state index in [2.05, 4.69) is 10.4 Å². The molecule has 0 aliphatic carbocycles. The van der Waals surface area contributed by atoms with Crippen molar-refractivity contribution in [2.24, 2.45) is 12.8 Å². The van der Waals surface area contributed by atoms with Gasteiger partial charge in [0.2, 0.25) is 5.91 Å². The number of aryl methyl sites for hydroxylation is 1. The number of nitrogens with one attached hydrogen (secondary N) is 1. The van der Waals surface area contributed by atoms with Crippen LogP contribution in [0, 0.1) is 0 Å². The number of hydrogen-bond acceptors (Lipinski definition) is 4. The second-order valence-corrected chi connectivity index (χ2v) is 2.89. The lowest BCUT2D eigenvalue weighted by Crippen LogP contribution is -2.38. The van der Waals surface area contributed by atoms with Gasteiger partial charge in [0.15, 0.2) is 11.6 Å². The number of carbonyl (C=O) groups excluding carboxylic acids is 1. The Balaban J connectivity index is 2.37. The van der Waals surface area contributed by atoms with Gasteiger partial charge in [-0.05, 0) is 0 Å². The van der Waals surface area contributed by atoms with Crippen molar-refractivity contribution >= 4 is 11.7 Å². The molecule has 1 aliphatic heterocycles. The van der Waals surface area contributed by atoms with E-state index >= 15 is 0 Å². The molecule has 0 saturated heterocycles. The van der Waals surface area contributed by atoms with E-state index in [0.29, 0.717) is 11.6 Å². The van der Waals surface area contributed by atoms with E-state index in [1.807, 2.05) is 0 Å². The van der Waals surface area contributed by atoms with Crippen LogP contribution in [0.3, 0.4) is 0 Å². The molecule has 0 bridgehead atoms. The van der Waals surface area contributed by atoms with Crippen LogP contribution in [0.2, 0.25) is 0 Å². The number of ether oxygens (including phenoxy) is 1. The topological polar surface area (TPSA) is 82.2 Å². The summed E-state index contributed by atoms with van der Waals surface area (Å²) >= 11 is 0. The van der Waals surface area contributed by atoms with Crippen LogP contribution in [0.4, 0.5) is 5.82 Å². The standard InChI is InChI=1S/C7H10N4O2/c1-11-6-5(2-9-11)13-3-4(8)7(12)10-6/h2,4H,3,8H2,1H3,(H,10,12). The summed E-state index contributed by atoms with van der Waals surface area (Å²) in [6.07, 6.45) is 1.55. The highest BCUT2D eigenvalue weighted by molar-refractivity contribution is 5.95. The third-order valence-corrected chi connectivity index (χ3v) is 1.90. The Morgan fingerprint density at radius 1 is 1.85 bits per heavy atom. The first-order chi connectivity index (χ1) is 6.18. The molecule has 1 amide bonds. The minimum Gasteiger partial charge on any atom is -0.486 e. The maximum atomic E-state index is 11.3. The number of aromatic nitrogens is 2. The Morgan fingerprint density at radius 3 is 3.38 bits per heavy atom. The summed E-state index contributed by atoms with van der Waals surface area (Å²) in [5.41, 5.74) is 5.50. The predicted molar refractivity (Wildman–Crippen MR) is 45.3 cm³/mol. The molecule has 0 saturated carbocycles. The first-order valence-electron chi connectivity index (χ1n) is 3.89. The Hall–Kier alpha value is -1.56. The summed E-state index contributed by atoms with van der Waals surface area (Å²) in [5.74, 6) is 0.865. The van der Waals surface area contributed by atoms with E-state index in [9.17, 15) is 4.79 Å². The molecule has 6 heteroatoms. The Bertz CT molecular complexity index is 346. The van der Waals surface area contributed by atoms with Crippen molar-refractivity contribution in [2.75, 3.05) is 11.9 Å². The van der Waals surface area contributed by atoms with E-state index in [0.717, 1.165) is 0 Å². The highest BCUT2D eigenvalue weighted by atomic mass is 16.5. The van der Waals surface area contributed by atoms with Crippen LogP contribution in [0.1, 0.15) is 0 Å². The molecular formula is C7H10N4O2. The zero-order chi connectivity index (χ0) is 9.42. The van der Waals surface area contributed by atoms with Gasteiger partial charge < -0.3 is 15.8 Å². The predicted octanol–water partition coefficient (Wildman–Crippen LogP) is -0.922. The molecule has 3 N–H and O–H groups in total. The van der Waals surface area contributed by atoms with Crippen LogP contribution in [0.15, 0.2) is 6.20 Å². The second kappa shape index (κ2) is 2.74. The molecule has 1 aromatic rings. The van der Waals surface area contributed by atoms with Crippen molar-refractivity contribution in [1.82, 2.24) is 9.78 Å². The van der Waals surface area contributed by atoms with Crippen LogP contribution in [0.5, 0.6) is 5.75 Å². The van der Waals surface area contributed by atoms with E-state index in [-0.39, 0.29) is 12.5 Å². The number of nitrogens with zero attached hydrogens (tertiary/aromatic N) is 2. The molecule has 0 radical (unpaired) electrons. The van der Waals surface area contributed by atoms with Crippen molar-refractivity contribution in [3.63, 3.8) is 0 Å². The number of carbonyl (C=O) groups is 1. The number of rotatable bonds is 0. The summed E-state index contributed by atoms with van der Waals surface area (Å²) in [5, 5.41) is 6.57. The van der Waals surface area contributed by atoms with Crippen molar-refractivity contribution in [2.45, 2.75) is 6.04 Å². The smallest absolute Gasteiger partial charge is 0.246 e. The van der Waals surface area contributed by atoms with Gasteiger partial charge in [-0.2, -0.15) is 5.10 Å². The van der Waals surface area contributed by atoms with Gasteiger partial charge in [0.25, 0.3) is 0 Å². The third kappa shape index (κ3) is 1.25. The van der Waals surface area contributed by atoms with Crippen molar-refractivity contribution in [1.29, 1.82) is 0 Å². The minimum atomic E-state index is -0.618. The summed E-state index contributed by atoms with van der Waals surface area (Å²) in [6.45, 7) is 0.185. The van der Waals surface area contributed by atoms with Crippen LogP contribution in [0.25, 0.3) is 0 Å². The van der Waals surface area contributed by atoms with Crippen LogP contribution < -0.4 is 15.8 Å². The average molecular weight is 182 g/mol. The van der Waals surface area contributed by atoms with Crippen LogP contribution in [-0.2, 0) is 11.8 Å². The molecule has 0 spiro atoms. The normalized spacial score (nSPS) is 21.4. The number of anilines is 1. The van der Waals surface area contributed by atoms with E-state index in [1.165, 1.54) is 4.68 Å². The molecule has 1 aromatic heterocycles. The Morgan fingerprint density at radius 2 is 2.62 bits per heavy atom. The first kappa shape index (κ1) is 8.06. The molecule has 1 aliphatic rings. The molecular weight excluding hydrogens is 172 g/mol. The average Bonchev–Trinajstić information content (AvgIpc) is 2.37. The minimum absolute atomic E-state index is 0.185. The highest BCUT2D eigenvalue weighted by Crippen LogP contribution is 2.24. The van der Waals surface area contributed by atoms with Gasteiger partial charge in [-0.25, -0.2) is 4.68 Å². The van der Waals surface area contributed by atoms with Gasteiger partial charge in [-0.3, -0.25) is 4.79 Å². The second-order valence-electron chi connectivity index (χ2n) is 2.89. The fourth-order valence-corrected chi connectivity index (χ4v) is 1.13. The van der Waals surface area contributed by atoms with E-state index in [1.54, 1.807) is 13.2 Å². The van der Waals surface area contributed by atoms with Crippen molar-refractivity contribution in [3.05, 3.63) is 6.20 Å². The number of hydrogen-bond donors (Lipinski definition) is 2. The Labute approximate surface area is 74.7 Å². The zero-order valence-electron chi connectivity index (χ0n) is 7.15. The molecule has 0 fully saturated rings. The van der Waals surface area contributed by atoms with Crippen molar-refractivity contribution in [3.8, 4) is 5.75 Å². The lowest BCUT2D eigenvalue weighted by atomic mass is 10.3. The SMILES string of the molecule is Cn1ncc2c1NC(=O)C(N)CO2. The molecule has 1 atom stereocenters. The summed E-state index contributed by atoms with van der Waals surface area (Å²) in [7, 11) is 1.72. The van der Waals surface area contributed by atoms with Gasteiger partial charge in [-0.1, -0.05) is 0 Å². The molecule has 6 nitrogen and oxygen atoms in total. The third-order valence-electron chi connectivity index (χ3n) is 1.90. The number of nitrogens with two attached hydrogens (primary N) is 1. The first-order valence-corrected chi connectivity index (χ1v) is 3.89. The summed E-state index contributed by atoms with van der Waals surface area (Å²) < 4.78 is 6.79. The van der Waals surface area contributed by atoms with Crippen LogP contribution >= 0.6 is 0 Å². The van der Waals surface area contributed by atoms with Crippen molar-refractivity contribution < 1.29 is 9.53 Å². The lowest BCUT2D eigenvalue weighted by Gasteiger charge is -2.05. The molecule has 2 heterocycles.